The summed E-state index contributed by atoms with van der Waals surface area (Å²) in [4.78, 5) is 41.5. The Morgan fingerprint density at radius 3 is 2.30 bits per heavy atom. The van der Waals surface area contributed by atoms with Gasteiger partial charge >= 0.3 is 0 Å². The third-order valence-electron chi connectivity index (χ3n) is 5.55. The standard InChI is InChI=1S/C27H20N2O3S/c1-16-7-5-8-18(15-16)29-26(31)20-10-6-9-19-23(14-13-21(25(19)20)27(29)32)33-24-12-4-3-11-22(24)28-17(2)30/h3-15H,1-2H3,(H,28,30). The minimum absolute atomic E-state index is 0.146. The molecule has 0 bridgehead atoms. The Labute approximate surface area is 195 Å². The molecule has 5 rings (SSSR count). The monoisotopic (exact) mass is 452 g/mol. The quantitative estimate of drug-likeness (QED) is 0.382. The molecule has 0 saturated heterocycles. The molecule has 33 heavy (non-hydrogen) atoms. The lowest BCUT2D eigenvalue weighted by molar-refractivity contribution is -0.114. The van der Waals surface area contributed by atoms with Crippen LogP contribution in [0.1, 0.15) is 33.2 Å². The number of benzene rings is 4. The molecule has 1 aliphatic heterocycles. The highest BCUT2D eigenvalue weighted by Crippen LogP contribution is 2.41. The lowest BCUT2D eigenvalue weighted by Gasteiger charge is -2.28. The summed E-state index contributed by atoms with van der Waals surface area (Å²) in [6, 6.07) is 24.2. The van der Waals surface area contributed by atoms with Crippen molar-refractivity contribution in [3.8, 4) is 0 Å². The average molecular weight is 453 g/mol. The zero-order chi connectivity index (χ0) is 23.1. The number of aryl methyl sites for hydroxylation is 1. The topological polar surface area (TPSA) is 66.5 Å². The van der Waals surface area contributed by atoms with Crippen LogP contribution in [0, 0.1) is 6.92 Å². The number of amides is 3. The predicted molar refractivity (Wildman–Crippen MR) is 131 cm³/mol. The van der Waals surface area contributed by atoms with Crippen LogP contribution in [-0.2, 0) is 4.79 Å². The molecule has 0 saturated carbocycles. The van der Waals surface area contributed by atoms with Crippen molar-refractivity contribution in [2.45, 2.75) is 23.6 Å². The average Bonchev–Trinajstić information content (AvgIpc) is 2.79. The first-order valence-electron chi connectivity index (χ1n) is 10.5. The van der Waals surface area contributed by atoms with E-state index in [2.05, 4.69) is 5.32 Å². The highest BCUT2D eigenvalue weighted by atomic mass is 32.2. The Bertz CT molecular complexity index is 1440. The first-order valence-corrected chi connectivity index (χ1v) is 11.3. The first-order chi connectivity index (χ1) is 15.9. The molecule has 0 radical (unpaired) electrons. The van der Waals surface area contributed by atoms with Gasteiger partial charge in [-0.3, -0.25) is 14.4 Å². The second-order valence-electron chi connectivity index (χ2n) is 7.90. The number of carbonyl (C=O) groups is 3. The van der Waals surface area contributed by atoms with Crippen molar-refractivity contribution in [2.75, 3.05) is 10.2 Å². The maximum atomic E-state index is 13.4. The molecule has 4 aromatic carbocycles. The van der Waals surface area contributed by atoms with Crippen LogP contribution < -0.4 is 10.2 Å². The maximum Gasteiger partial charge on any atom is 0.265 e. The zero-order valence-electron chi connectivity index (χ0n) is 18.1. The minimum Gasteiger partial charge on any atom is -0.325 e. The van der Waals surface area contributed by atoms with E-state index in [1.165, 1.54) is 23.6 Å². The van der Waals surface area contributed by atoms with Gasteiger partial charge in [0.2, 0.25) is 5.91 Å². The lowest BCUT2D eigenvalue weighted by Crippen LogP contribution is -2.40. The van der Waals surface area contributed by atoms with Gasteiger partial charge < -0.3 is 5.32 Å². The number of nitrogens with one attached hydrogen (secondary N) is 1. The summed E-state index contributed by atoms with van der Waals surface area (Å²) >= 11 is 1.49. The van der Waals surface area contributed by atoms with E-state index in [0.717, 1.165) is 20.7 Å². The van der Waals surface area contributed by atoms with Gasteiger partial charge in [0.1, 0.15) is 0 Å². The van der Waals surface area contributed by atoms with Gasteiger partial charge in [-0.1, -0.05) is 48.2 Å². The smallest absolute Gasteiger partial charge is 0.265 e. The Balaban J connectivity index is 1.62. The molecular weight excluding hydrogens is 432 g/mol. The van der Waals surface area contributed by atoms with Crippen molar-refractivity contribution < 1.29 is 14.4 Å². The fourth-order valence-electron chi connectivity index (χ4n) is 4.13. The highest BCUT2D eigenvalue weighted by Gasteiger charge is 2.34. The second kappa shape index (κ2) is 8.22. The van der Waals surface area contributed by atoms with Crippen molar-refractivity contribution in [3.63, 3.8) is 0 Å². The van der Waals surface area contributed by atoms with Gasteiger partial charge in [-0.05, 0) is 60.3 Å². The lowest BCUT2D eigenvalue weighted by atomic mass is 9.93. The summed E-state index contributed by atoms with van der Waals surface area (Å²) in [7, 11) is 0. The van der Waals surface area contributed by atoms with E-state index in [0.29, 0.717) is 27.9 Å². The number of rotatable bonds is 4. The van der Waals surface area contributed by atoms with Crippen molar-refractivity contribution in [1.29, 1.82) is 0 Å². The summed E-state index contributed by atoms with van der Waals surface area (Å²) in [5, 5.41) is 4.35. The third kappa shape index (κ3) is 3.68. The molecule has 0 fully saturated rings. The van der Waals surface area contributed by atoms with Crippen LogP contribution in [0.15, 0.2) is 88.7 Å². The third-order valence-corrected chi connectivity index (χ3v) is 6.70. The fourth-order valence-corrected chi connectivity index (χ4v) is 5.16. The highest BCUT2D eigenvalue weighted by molar-refractivity contribution is 7.99. The molecule has 0 aromatic heterocycles. The predicted octanol–water partition coefficient (Wildman–Crippen LogP) is 6.06. The molecule has 1 aliphatic rings. The SMILES string of the molecule is CC(=O)Nc1ccccc1Sc1ccc2c3c(cccc13)C(=O)N(c1cccc(C)c1)C2=O. The van der Waals surface area contributed by atoms with Gasteiger partial charge in [0.15, 0.2) is 0 Å². The molecule has 4 aromatic rings. The summed E-state index contributed by atoms with van der Waals surface area (Å²) in [6.07, 6.45) is 0. The van der Waals surface area contributed by atoms with Gasteiger partial charge in [-0.25, -0.2) is 4.90 Å². The molecule has 0 aliphatic carbocycles. The van der Waals surface area contributed by atoms with Gasteiger partial charge in [-0.15, -0.1) is 0 Å². The van der Waals surface area contributed by atoms with Crippen molar-refractivity contribution in [3.05, 3.63) is 95.6 Å². The van der Waals surface area contributed by atoms with Crippen LogP contribution in [0.2, 0.25) is 0 Å². The fraction of sp³-hybridized carbons (Fsp3) is 0.0741. The number of carbonyl (C=O) groups excluding carboxylic acids is 3. The molecule has 0 spiro atoms. The Morgan fingerprint density at radius 2 is 1.55 bits per heavy atom. The Kier molecular flexibility index (Phi) is 5.23. The normalized spacial score (nSPS) is 12.8. The minimum atomic E-state index is -0.329. The van der Waals surface area contributed by atoms with Crippen LogP contribution in [0.3, 0.4) is 0 Å². The van der Waals surface area contributed by atoms with Crippen molar-refractivity contribution >= 4 is 51.6 Å². The van der Waals surface area contributed by atoms with Gasteiger partial charge in [0.05, 0.1) is 11.4 Å². The zero-order valence-corrected chi connectivity index (χ0v) is 18.9. The van der Waals surface area contributed by atoms with Gasteiger partial charge in [-0.2, -0.15) is 0 Å². The van der Waals surface area contributed by atoms with Crippen LogP contribution >= 0.6 is 11.8 Å². The molecular formula is C27H20N2O3S. The van der Waals surface area contributed by atoms with E-state index in [-0.39, 0.29) is 17.7 Å². The first kappa shape index (κ1) is 21.0. The maximum absolute atomic E-state index is 13.4. The number of imide groups is 1. The van der Waals surface area contributed by atoms with Crippen LogP contribution in [0.25, 0.3) is 10.8 Å². The van der Waals surface area contributed by atoms with E-state index in [9.17, 15) is 14.4 Å². The largest absolute Gasteiger partial charge is 0.325 e. The molecule has 0 unspecified atom stereocenters. The van der Waals surface area contributed by atoms with E-state index >= 15 is 0 Å². The number of hydrogen-bond donors (Lipinski definition) is 1. The molecule has 1 N–H and O–H groups in total. The van der Waals surface area contributed by atoms with E-state index < -0.39 is 0 Å². The van der Waals surface area contributed by atoms with E-state index in [4.69, 9.17) is 0 Å². The second-order valence-corrected chi connectivity index (χ2v) is 8.99. The van der Waals surface area contributed by atoms with Gasteiger partial charge in [0, 0.05) is 33.2 Å². The summed E-state index contributed by atoms with van der Waals surface area (Å²) in [5.41, 5.74) is 3.26. The summed E-state index contributed by atoms with van der Waals surface area (Å²) in [5.74, 6) is -0.804. The Morgan fingerprint density at radius 1 is 0.818 bits per heavy atom. The van der Waals surface area contributed by atoms with E-state index in [1.54, 1.807) is 18.2 Å². The van der Waals surface area contributed by atoms with Crippen LogP contribution in [0.4, 0.5) is 11.4 Å². The molecule has 1 heterocycles. The Hall–Kier alpha value is -3.90. The molecule has 6 heteroatoms. The van der Waals surface area contributed by atoms with Crippen molar-refractivity contribution in [2.24, 2.45) is 0 Å². The number of para-hydroxylation sites is 1. The number of anilines is 2. The summed E-state index contributed by atoms with van der Waals surface area (Å²) < 4.78 is 0. The molecule has 0 atom stereocenters. The summed E-state index contributed by atoms with van der Waals surface area (Å²) in [6.45, 7) is 3.40. The molecule has 5 nitrogen and oxygen atoms in total. The number of nitrogens with zero attached hydrogens (tertiary/aromatic N) is 1. The molecule has 162 valence electrons. The van der Waals surface area contributed by atoms with Gasteiger partial charge in [0.25, 0.3) is 11.8 Å². The van der Waals surface area contributed by atoms with Crippen LogP contribution in [-0.4, -0.2) is 17.7 Å². The molecule has 3 amide bonds. The number of hydrogen-bond acceptors (Lipinski definition) is 4. The van der Waals surface area contributed by atoms with Crippen LogP contribution in [0.5, 0.6) is 0 Å². The van der Waals surface area contributed by atoms with E-state index in [1.807, 2.05) is 67.6 Å². The van der Waals surface area contributed by atoms with Crippen molar-refractivity contribution in [1.82, 2.24) is 0 Å².